The standard InChI is InChI=1S/C15H20N6O2/c1-6-7-20-13(22)11-12(19(5)15(20)23)16-14(18(11)4)21-10(3)8-9(2)17-21/h8H,6-7H2,1-5H3. The summed E-state index contributed by atoms with van der Waals surface area (Å²) in [4.78, 5) is 29.6. The number of hydrogen-bond donors (Lipinski definition) is 0. The third-order valence-corrected chi connectivity index (χ3v) is 3.98. The lowest BCUT2D eigenvalue weighted by Crippen LogP contribution is -2.39. The second-order valence-corrected chi connectivity index (χ2v) is 5.78. The van der Waals surface area contributed by atoms with Gasteiger partial charge in [-0.3, -0.25) is 13.9 Å². The highest BCUT2D eigenvalue weighted by Gasteiger charge is 2.20. The number of aromatic nitrogens is 6. The van der Waals surface area contributed by atoms with Crippen molar-refractivity contribution < 1.29 is 0 Å². The number of hydrogen-bond acceptors (Lipinski definition) is 4. The quantitative estimate of drug-likeness (QED) is 0.710. The van der Waals surface area contributed by atoms with E-state index in [9.17, 15) is 9.59 Å². The fraction of sp³-hybridized carbons (Fsp3) is 0.467. The van der Waals surface area contributed by atoms with Crippen molar-refractivity contribution in [1.29, 1.82) is 0 Å². The Bertz CT molecular complexity index is 1020. The minimum atomic E-state index is -0.345. The molecule has 0 aliphatic heterocycles. The van der Waals surface area contributed by atoms with Gasteiger partial charge in [0.2, 0.25) is 5.95 Å². The molecule has 8 heteroatoms. The van der Waals surface area contributed by atoms with Crippen molar-refractivity contribution in [3.63, 3.8) is 0 Å². The molecule has 0 N–H and O–H groups in total. The molecule has 0 aliphatic rings. The van der Waals surface area contributed by atoms with E-state index in [0.29, 0.717) is 30.1 Å². The molecule has 3 rings (SSSR count). The van der Waals surface area contributed by atoms with Crippen LogP contribution in [0, 0.1) is 13.8 Å². The number of nitrogens with zero attached hydrogens (tertiary/aromatic N) is 6. The van der Waals surface area contributed by atoms with Crippen LogP contribution in [0.3, 0.4) is 0 Å². The van der Waals surface area contributed by atoms with Crippen molar-refractivity contribution in [3.8, 4) is 5.95 Å². The van der Waals surface area contributed by atoms with E-state index >= 15 is 0 Å². The molecular formula is C15H20N6O2. The van der Waals surface area contributed by atoms with Crippen molar-refractivity contribution in [2.45, 2.75) is 33.7 Å². The molecular weight excluding hydrogens is 296 g/mol. The summed E-state index contributed by atoms with van der Waals surface area (Å²) in [6.45, 7) is 6.15. The molecule has 122 valence electrons. The first-order valence-corrected chi connectivity index (χ1v) is 7.56. The SMILES string of the molecule is CCCn1c(=O)c2c(nc(-n3nc(C)cc3C)n2C)n(C)c1=O. The molecule has 0 aliphatic carbocycles. The predicted octanol–water partition coefficient (Wildman–Crippen LogP) is 0.646. The van der Waals surface area contributed by atoms with Crippen LogP contribution >= 0.6 is 0 Å². The largest absolute Gasteiger partial charge is 0.332 e. The van der Waals surface area contributed by atoms with Gasteiger partial charge in [0.1, 0.15) is 0 Å². The minimum Gasteiger partial charge on any atom is -0.306 e. The summed E-state index contributed by atoms with van der Waals surface area (Å²) >= 11 is 0. The Hall–Kier alpha value is -2.64. The highest BCUT2D eigenvalue weighted by atomic mass is 16.2. The molecule has 0 amide bonds. The van der Waals surface area contributed by atoms with Gasteiger partial charge in [-0.2, -0.15) is 10.1 Å². The molecule has 3 aromatic rings. The lowest BCUT2D eigenvalue weighted by Gasteiger charge is -2.07. The zero-order chi connectivity index (χ0) is 16.9. The Morgan fingerprint density at radius 3 is 2.39 bits per heavy atom. The second-order valence-electron chi connectivity index (χ2n) is 5.78. The van der Waals surface area contributed by atoms with Gasteiger partial charge in [0, 0.05) is 26.3 Å². The van der Waals surface area contributed by atoms with Gasteiger partial charge in [0.25, 0.3) is 5.56 Å². The van der Waals surface area contributed by atoms with Crippen LogP contribution < -0.4 is 11.2 Å². The molecule has 8 nitrogen and oxygen atoms in total. The number of imidazole rings is 1. The molecule has 23 heavy (non-hydrogen) atoms. The number of aryl methyl sites for hydroxylation is 4. The molecule has 0 atom stereocenters. The molecule has 0 spiro atoms. The predicted molar refractivity (Wildman–Crippen MR) is 87.1 cm³/mol. The van der Waals surface area contributed by atoms with Crippen LogP contribution in [0.15, 0.2) is 15.7 Å². The van der Waals surface area contributed by atoms with Gasteiger partial charge in [-0.1, -0.05) is 6.92 Å². The van der Waals surface area contributed by atoms with Gasteiger partial charge in [0.15, 0.2) is 11.2 Å². The maximum Gasteiger partial charge on any atom is 0.332 e. The zero-order valence-corrected chi connectivity index (χ0v) is 14.0. The van der Waals surface area contributed by atoms with Crippen molar-refractivity contribution in [2.75, 3.05) is 0 Å². The van der Waals surface area contributed by atoms with Crippen LogP contribution in [0.5, 0.6) is 0 Å². The van der Waals surface area contributed by atoms with E-state index < -0.39 is 0 Å². The van der Waals surface area contributed by atoms with Crippen molar-refractivity contribution >= 4 is 11.2 Å². The Morgan fingerprint density at radius 1 is 1.13 bits per heavy atom. The van der Waals surface area contributed by atoms with Gasteiger partial charge in [-0.15, -0.1) is 0 Å². The van der Waals surface area contributed by atoms with Crippen LogP contribution in [0.25, 0.3) is 17.1 Å². The molecule has 0 fully saturated rings. The van der Waals surface area contributed by atoms with E-state index in [0.717, 1.165) is 11.4 Å². The molecule has 3 heterocycles. The number of rotatable bonds is 3. The van der Waals surface area contributed by atoms with Gasteiger partial charge >= 0.3 is 5.69 Å². The maximum atomic E-state index is 12.7. The van der Waals surface area contributed by atoms with Crippen LogP contribution in [0.4, 0.5) is 0 Å². The Labute approximate surface area is 132 Å². The summed E-state index contributed by atoms with van der Waals surface area (Å²) in [5.74, 6) is 0.520. The monoisotopic (exact) mass is 316 g/mol. The molecule has 0 aromatic carbocycles. The Kier molecular flexibility index (Phi) is 3.46. The van der Waals surface area contributed by atoms with E-state index in [4.69, 9.17) is 0 Å². The second kappa shape index (κ2) is 5.22. The summed E-state index contributed by atoms with van der Waals surface area (Å²) < 4.78 is 6.06. The lowest BCUT2D eigenvalue weighted by atomic mass is 10.4. The van der Waals surface area contributed by atoms with Crippen LogP contribution in [0.2, 0.25) is 0 Å². The van der Waals surface area contributed by atoms with Gasteiger partial charge < -0.3 is 4.57 Å². The summed E-state index contributed by atoms with van der Waals surface area (Å²) in [5.41, 5.74) is 1.90. The van der Waals surface area contributed by atoms with E-state index in [1.165, 1.54) is 9.13 Å². The minimum absolute atomic E-state index is 0.312. The maximum absolute atomic E-state index is 12.7. The zero-order valence-electron chi connectivity index (χ0n) is 14.0. The van der Waals surface area contributed by atoms with Gasteiger partial charge in [-0.05, 0) is 26.3 Å². The molecule has 0 unspecified atom stereocenters. The Balaban J connectivity index is 2.42. The lowest BCUT2D eigenvalue weighted by molar-refractivity contribution is 0.591. The summed E-state index contributed by atoms with van der Waals surface area (Å²) in [6.07, 6.45) is 0.711. The summed E-state index contributed by atoms with van der Waals surface area (Å²) in [7, 11) is 3.40. The van der Waals surface area contributed by atoms with E-state index in [2.05, 4.69) is 10.1 Å². The topological polar surface area (TPSA) is 79.6 Å². The first-order chi connectivity index (χ1) is 10.9. The first-order valence-electron chi connectivity index (χ1n) is 7.56. The fourth-order valence-electron chi connectivity index (χ4n) is 2.87. The van der Waals surface area contributed by atoms with Crippen LogP contribution in [-0.4, -0.2) is 28.5 Å². The fourth-order valence-corrected chi connectivity index (χ4v) is 2.87. The van der Waals surface area contributed by atoms with Gasteiger partial charge in [0.05, 0.1) is 5.69 Å². The van der Waals surface area contributed by atoms with E-state index in [-0.39, 0.29) is 11.2 Å². The molecule has 0 saturated carbocycles. The van der Waals surface area contributed by atoms with E-state index in [1.54, 1.807) is 23.3 Å². The van der Waals surface area contributed by atoms with E-state index in [1.807, 2.05) is 26.8 Å². The highest BCUT2D eigenvalue weighted by molar-refractivity contribution is 5.72. The van der Waals surface area contributed by atoms with Crippen molar-refractivity contribution in [1.82, 2.24) is 28.5 Å². The molecule has 3 aromatic heterocycles. The third kappa shape index (κ3) is 2.13. The molecule has 0 saturated heterocycles. The molecule has 0 bridgehead atoms. The highest BCUT2D eigenvalue weighted by Crippen LogP contribution is 2.15. The van der Waals surface area contributed by atoms with Crippen LogP contribution in [0.1, 0.15) is 24.7 Å². The first kappa shape index (κ1) is 15.3. The smallest absolute Gasteiger partial charge is 0.306 e. The average molecular weight is 316 g/mol. The molecule has 0 radical (unpaired) electrons. The summed E-state index contributed by atoms with van der Waals surface area (Å²) in [5, 5.41) is 4.41. The number of fused-ring (bicyclic) bond motifs is 1. The van der Waals surface area contributed by atoms with Crippen LogP contribution in [-0.2, 0) is 20.6 Å². The normalized spacial score (nSPS) is 11.5. The van der Waals surface area contributed by atoms with Crippen molar-refractivity contribution in [2.24, 2.45) is 14.1 Å². The summed E-state index contributed by atoms with van der Waals surface area (Å²) in [6, 6.07) is 1.94. The third-order valence-electron chi connectivity index (χ3n) is 3.98. The van der Waals surface area contributed by atoms with Crippen molar-refractivity contribution in [3.05, 3.63) is 38.3 Å². The average Bonchev–Trinajstić information content (AvgIpc) is 3.01. The van der Waals surface area contributed by atoms with Gasteiger partial charge in [-0.25, -0.2) is 9.48 Å². The Morgan fingerprint density at radius 2 is 1.83 bits per heavy atom.